The monoisotopic (exact) mass is 382 g/mol. The van der Waals surface area contributed by atoms with E-state index in [1.54, 1.807) is 7.11 Å². The Hall–Kier alpha value is -2.18. The number of carbonyl (C=O) groups is 1. The Morgan fingerprint density at radius 1 is 1.21 bits per heavy atom. The van der Waals surface area contributed by atoms with Crippen molar-refractivity contribution in [3.63, 3.8) is 0 Å². The minimum Gasteiger partial charge on any atom is -0.367 e. The summed E-state index contributed by atoms with van der Waals surface area (Å²) in [5, 5.41) is 7.67. The number of amides is 1. The number of nitrogens with zero attached hydrogens (tertiary/aromatic N) is 3. The summed E-state index contributed by atoms with van der Waals surface area (Å²) in [6.07, 6.45) is 6.17. The molecule has 0 bridgehead atoms. The second-order valence-electron chi connectivity index (χ2n) is 7.86. The number of fused-ring (bicyclic) bond motifs is 1. The number of nitrogens with one attached hydrogen (secondary N) is 1. The second kappa shape index (κ2) is 8.88. The van der Waals surface area contributed by atoms with Crippen molar-refractivity contribution in [2.75, 3.05) is 13.7 Å². The van der Waals surface area contributed by atoms with E-state index in [0.29, 0.717) is 6.54 Å². The Morgan fingerprint density at radius 2 is 2.00 bits per heavy atom. The molecule has 0 saturated heterocycles. The highest BCUT2D eigenvalue weighted by Crippen LogP contribution is 2.26. The molecule has 1 fully saturated rings. The lowest BCUT2D eigenvalue weighted by atomic mass is 9.94. The Morgan fingerprint density at radius 3 is 2.75 bits per heavy atom. The van der Waals surface area contributed by atoms with Gasteiger partial charge < -0.3 is 10.1 Å². The van der Waals surface area contributed by atoms with Gasteiger partial charge in [0.2, 0.25) is 0 Å². The summed E-state index contributed by atoms with van der Waals surface area (Å²) in [6, 6.07) is 12.4. The first-order valence-electron chi connectivity index (χ1n) is 10.4. The van der Waals surface area contributed by atoms with Gasteiger partial charge in [-0.15, -0.1) is 0 Å². The summed E-state index contributed by atoms with van der Waals surface area (Å²) >= 11 is 0. The van der Waals surface area contributed by atoms with E-state index in [2.05, 4.69) is 21.0 Å². The number of ether oxygens (including phenoxy) is 1. The van der Waals surface area contributed by atoms with E-state index in [1.807, 2.05) is 30.3 Å². The largest absolute Gasteiger partial charge is 0.367 e. The maximum absolute atomic E-state index is 12.6. The summed E-state index contributed by atoms with van der Waals surface area (Å²) in [7, 11) is 1.56. The van der Waals surface area contributed by atoms with E-state index in [0.717, 1.165) is 36.9 Å². The molecule has 150 valence electrons. The summed E-state index contributed by atoms with van der Waals surface area (Å²) in [5.74, 6) is -0.136. The predicted octanol–water partition coefficient (Wildman–Crippen LogP) is 3.04. The zero-order valence-electron chi connectivity index (χ0n) is 16.6. The van der Waals surface area contributed by atoms with Crippen LogP contribution < -0.4 is 5.32 Å². The molecular weight excluding hydrogens is 352 g/mol. The lowest BCUT2D eigenvalue weighted by Gasteiger charge is -2.36. The first-order valence-corrected chi connectivity index (χ1v) is 10.4. The third-order valence-corrected chi connectivity index (χ3v) is 5.99. The highest BCUT2D eigenvalue weighted by Gasteiger charge is 2.26. The first kappa shape index (κ1) is 19.2. The van der Waals surface area contributed by atoms with Gasteiger partial charge in [-0.2, -0.15) is 5.10 Å². The van der Waals surface area contributed by atoms with Crippen LogP contribution in [-0.2, 0) is 29.2 Å². The molecule has 1 aromatic carbocycles. The molecule has 1 atom stereocenters. The third kappa shape index (κ3) is 4.28. The molecule has 0 unspecified atom stereocenters. The summed E-state index contributed by atoms with van der Waals surface area (Å²) in [6.45, 7) is 3.40. The molecule has 1 N–H and O–H groups in total. The van der Waals surface area contributed by atoms with Crippen molar-refractivity contribution in [3.8, 4) is 0 Å². The van der Waals surface area contributed by atoms with Gasteiger partial charge in [0, 0.05) is 26.2 Å². The van der Waals surface area contributed by atoms with Crippen molar-refractivity contribution in [2.24, 2.45) is 0 Å². The zero-order chi connectivity index (χ0) is 19.3. The molecule has 1 amide bonds. The van der Waals surface area contributed by atoms with Gasteiger partial charge in [0.05, 0.1) is 24.5 Å². The van der Waals surface area contributed by atoms with Gasteiger partial charge >= 0.3 is 0 Å². The van der Waals surface area contributed by atoms with Crippen LogP contribution in [0.4, 0.5) is 0 Å². The topological polar surface area (TPSA) is 59.4 Å². The van der Waals surface area contributed by atoms with Crippen molar-refractivity contribution >= 4 is 5.91 Å². The van der Waals surface area contributed by atoms with E-state index in [1.165, 1.54) is 37.8 Å². The van der Waals surface area contributed by atoms with E-state index < -0.39 is 6.10 Å². The molecule has 2 aliphatic rings. The molecule has 2 aromatic rings. The summed E-state index contributed by atoms with van der Waals surface area (Å²) in [4.78, 5) is 15.2. The van der Waals surface area contributed by atoms with E-state index >= 15 is 0 Å². The third-order valence-electron chi connectivity index (χ3n) is 5.99. The van der Waals surface area contributed by atoms with Crippen LogP contribution in [0.3, 0.4) is 0 Å². The van der Waals surface area contributed by atoms with Gasteiger partial charge in [0.15, 0.2) is 6.10 Å². The first-order chi connectivity index (χ1) is 13.7. The lowest BCUT2D eigenvalue weighted by Crippen LogP contribution is -2.42. The number of carbonyl (C=O) groups excluding carboxylic acids is 1. The van der Waals surface area contributed by atoms with Crippen LogP contribution in [0, 0.1) is 0 Å². The van der Waals surface area contributed by atoms with Crippen molar-refractivity contribution in [1.29, 1.82) is 0 Å². The van der Waals surface area contributed by atoms with Gasteiger partial charge in [-0.25, -0.2) is 0 Å². The van der Waals surface area contributed by atoms with Gasteiger partial charge in [-0.05, 0) is 24.5 Å². The van der Waals surface area contributed by atoms with Crippen molar-refractivity contribution in [3.05, 3.63) is 53.3 Å². The highest BCUT2D eigenvalue weighted by atomic mass is 16.5. The number of aromatic nitrogens is 2. The number of hydrogen-bond donors (Lipinski definition) is 1. The lowest BCUT2D eigenvalue weighted by molar-refractivity contribution is -0.131. The Kier molecular flexibility index (Phi) is 6.07. The molecule has 1 aliphatic carbocycles. The maximum Gasteiger partial charge on any atom is 0.254 e. The van der Waals surface area contributed by atoms with Crippen molar-refractivity contribution < 1.29 is 9.53 Å². The molecule has 0 radical (unpaired) electrons. The molecule has 1 aliphatic heterocycles. The van der Waals surface area contributed by atoms with Gasteiger partial charge in [0.1, 0.15) is 0 Å². The molecule has 28 heavy (non-hydrogen) atoms. The fraction of sp³-hybridized carbons (Fsp3) is 0.545. The Balaban J connectivity index is 1.35. The average Bonchev–Trinajstić information content (AvgIpc) is 3.16. The fourth-order valence-electron chi connectivity index (χ4n) is 4.48. The minimum absolute atomic E-state index is 0.136. The van der Waals surface area contributed by atoms with Gasteiger partial charge in [-0.1, -0.05) is 49.6 Å². The fourth-order valence-corrected chi connectivity index (χ4v) is 4.48. The van der Waals surface area contributed by atoms with E-state index in [-0.39, 0.29) is 5.91 Å². The van der Waals surface area contributed by atoms with Gasteiger partial charge in [-0.3, -0.25) is 14.4 Å². The normalized spacial score (nSPS) is 19.2. The predicted molar refractivity (Wildman–Crippen MR) is 108 cm³/mol. The van der Waals surface area contributed by atoms with Crippen molar-refractivity contribution in [1.82, 2.24) is 20.0 Å². The van der Waals surface area contributed by atoms with Gasteiger partial charge in [0.25, 0.3) is 5.91 Å². The molecule has 1 aromatic heterocycles. The number of methoxy groups -OCH3 is 1. The Bertz CT molecular complexity index is 783. The second-order valence-corrected chi connectivity index (χ2v) is 7.86. The van der Waals surface area contributed by atoms with Crippen LogP contribution in [0.25, 0.3) is 0 Å². The maximum atomic E-state index is 12.6. The minimum atomic E-state index is -0.597. The summed E-state index contributed by atoms with van der Waals surface area (Å²) in [5.41, 5.74) is 3.03. The van der Waals surface area contributed by atoms with E-state index in [4.69, 9.17) is 9.84 Å². The number of benzene rings is 1. The molecule has 2 heterocycles. The summed E-state index contributed by atoms with van der Waals surface area (Å²) < 4.78 is 7.51. The van der Waals surface area contributed by atoms with Crippen LogP contribution in [-0.4, -0.2) is 40.3 Å². The number of hydrogen-bond acceptors (Lipinski definition) is 4. The van der Waals surface area contributed by atoms with Crippen LogP contribution in [0.2, 0.25) is 0 Å². The molecule has 6 heteroatoms. The van der Waals surface area contributed by atoms with Crippen molar-refractivity contribution in [2.45, 2.75) is 63.9 Å². The van der Waals surface area contributed by atoms with Crippen LogP contribution >= 0.6 is 0 Å². The molecular formula is C22H30N4O2. The average molecular weight is 383 g/mol. The van der Waals surface area contributed by atoms with Crippen LogP contribution in [0.1, 0.15) is 55.2 Å². The molecule has 6 nitrogen and oxygen atoms in total. The smallest absolute Gasteiger partial charge is 0.254 e. The Labute approximate surface area is 166 Å². The quantitative estimate of drug-likeness (QED) is 0.834. The molecule has 0 spiro atoms. The zero-order valence-corrected chi connectivity index (χ0v) is 16.6. The molecule has 4 rings (SSSR count). The SMILES string of the molecule is CO[C@H](C(=O)NCc1cc2n(n1)CCN(C1CCCCC1)C2)c1ccccc1. The number of rotatable bonds is 6. The van der Waals surface area contributed by atoms with E-state index in [9.17, 15) is 4.79 Å². The molecule has 1 saturated carbocycles. The highest BCUT2D eigenvalue weighted by molar-refractivity contribution is 5.82. The van der Waals surface area contributed by atoms with Crippen LogP contribution in [0.5, 0.6) is 0 Å². The van der Waals surface area contributed by atoms with Crippen LogP contribution in [0.15, 0.2) is 36.4 Å². The standard InChI is InChI=1S/C22H30N4O2/c1-28-21(17-8-4-2-5-9-17)22(27)23-15-18-14-20-16-25(12-13-26(20)24-18)19-10-6-3-7-11-19/h2,4-5,8-9,14,19,21H,3,6-7,10-13,15-16H2,1H3,(H,23,27)/t21-/m0/s1.